The monoisotopic (exact) mass is 111 g/mol. The van der Waals surface area contributed by atoms with E-state index in [0.29, 0.717) is 0 Å². The molecule has 0 aliphatic carbocycles. The fourth-order valence-electron chi connectivity index (χ4n) is 0.562. The van der Waals surface area contributed by atoms with Gasteiger partial charge >= 0.3 is 0 Å². The molecule has 3 nitrogen and oxygen atoms in total. The van der Waals surface area contributed by atoms with Crippen molar-refractivity contribution in [1.82, 2.24) is 15.3 Å². The van der Waals surface area contributed by atoms with Crippen molar-refractivity contribution in [3.05, 3.63) is 18.2 Å². The number of aromatic amines is 1. The van der Waals surface area contributed by atoms with Crippen LogP contribution in [0.3, 0.4) is 0 Å². The van der Waals surface area contributed by atoms with Crippen molar-refractivity contribution in [2.75, 3.05) is 7.05 Å². The SMILES string of the molecule is CNCc1ncc[nH]1. The van der Waals surface area contributed by atoms with Crippen LogP contribution in [0.15, 0.2) is 12.4 Å². The van der Waals surface area contributed by atoms with E-state index in [2.05, 4.69) is 15.3 Å². The van der Waals surface area contributed by atoms with Gasteiger partial charge in [0.2, 0.25) is 0 Å². The molecule has 0 radical (unpaired) electrons. The molecule has 1 aromatic heterocycles. The molecule has 2 N–H and O–H groups in total. The lowest BCUT2D eigenvalue weighted by Gasteiger charge is -1.89. The zero-order valence-corrected chi connectivity index (χ0v) is 4.81. The van der Waals surface area contributed by atoms with Crippen LogP contribution >= 0.6 is 0 Å². The Labute approximate surface area is 48.1 Å². The lowest BCUT2D eigenvalue weighted by Crippen LogP contribution is -2.05. The van der Waals surface area contributed by atoms with E-state index in [9.17, 15) is 0 Å². The number of nitrogens with zero attached hydrogens (tertiary/aromatic N) is 1. The van der Waals surface area contributed by atoms with Gasteiger partial charge in [0.25, 0.3) is 0 Å². The molecule has 0 bridgehead atoms. The Balaban J connectivity index is 2.50. The fourth-order valence-corrected chi connectivity index (χ4v) is 0.562. The minimum atomic E-state index is 0.812. The second kappa shape index (κ2) is 2.47. The average molecular weight is 111 g/mol. The van der Waals surface area contributed by atoms with Gasteiger partial charge in [0.1, 0.15) is 5.82 Å². The second-order valence-electron chi connectivity index (χ2n) is 1.57. The van der Waals surface area contributed by atoms with E-state index in [4.69, 9.17) is 0 Å². The molecule has 8 heavy (non-hydrogen) atoms. The van der Waals surface area contributed by atoms with Gasteiger partial charge in [0.15, 0.2) is 0 Å². The summed E-state index contributed by atoms with van der Waals surface area (Å²) in [6.07, 6.45) is 3.55. The van der Waals surface area contributed by atoms with Crippen LogP contribution in [0, 0.1) is 0 Å². The molecule has 0 atom stereocenters. The van der Waals surface area contributed by atoms with E-state index in [1.807, 2.05) is 13.2 Å². The molecule has 0 aliphatic heterocycles. The smallest absolute Gasteiger partial charge is 0.120 e. The largest absolute Gasteiger partial charge is 0.348 e. The molecule has 1 heterocycles. The van der Waals surface area contributed by atoms with Crippen LogP contribution in [0.1, 0.15) is 5.82 Å². The molecule has 0 aliphatic rings. The first-order valence-corrected chi connectivity index (χ1v) is 2.56. The molecule has 1 rings (SSSR count). The highest BCUT2D eigenvalue weighted by Crippen LogP contribution is 1.83. The molecule has 0 unspecified atom stereocenters. The summed E-state index contributed by atoms with van der Waals surface area (Å²) in [5, 5.41) is 2.98. The number of imidazole rings is 1. The third-order valence-corrected chi connectivity index (χ3v) is 0.899. The van der Waals surface area contributed by atoms with Crippen LogP contribution in [0.25, 0.3) is 0 Å². The molecule has 0 amide bonds. The van der Waals surface area contributed by atoms with Crippen molar-refractivity contribution in [2.45, 2.75) is 6.54 Å². The second-order valence-corrected chi connectivity index (χ2v) is 1.57. The molecule has 0 saturated heterocycles. The summed E-state index contributed by atoms with van der Waals surface area (Å²) in [5.41, 5.74) is 0. The normalized spacial score (nSPS) is 9.62. The van der Waals surface area contributed by atoms with Gasteiger partial charge in [-0.15, -0.1) is 0 Å². The van der Waals surface area contributed by atoms with Crippen LogP contribution in [-0.4, -0.2) is 17.0 Å². The van der Waals surface area contributed by atoms with Crippen molar-refractivity contribution in [3.8, 4) is 0 Å². The van der Waals surface area contributed by atoms with Crippen LogP contribution in [0.2, 0.25) is 0 Å². The van der Waals surface area contributed by atoms with Crippen molar-refractivity contribution in [2.24, 2.45) is 0 Å². The van der Waals surface area contributed by atoms with Gasteiger partial charge in [-0.1, -0.05) is 0 Å². The van der Waals surface area contributed by atoms with E-state index in [-0.39, 0.29) is 0 Å². The highest BCUT2D eigenvalue weighted by molar-refractivity contribution is 4.85. The number of hydrogen-bond acceptors (Lipinski definition) is 2. The molecular formula is C5H9N3. The van der Waals surface area contributed by atoms with E-state index >= 15 is 0 Å². The number of nitrogens with one attached hydrogen (secondary N) is 2. The van der Waals surface area contributed by atoms with Crippen molar-refractivity contribution < 1.29 is 0 Å². The summed E-state index contributed by atoms with van der Waals surface area (Å²) < 4.78 is 0. The molecule has 1 aromatic rings. The van der Waals surface area contributed by atoms with Gasteiger partial charge in [-0.05, 0) is 7.05 Å². The summed E-state index contributed by atoms with van der Waals surface area (Å²) in [4.78, 5) is 6.95. The van der Waals surface area contributed by atoms with Crippen molar-refractivity contribution >= 4 is 0 Å². The topological polar surface area (TPSA) is 40.7 Å². The molecule has 44 valence electrons. The molecule has 0 spiro atoms. The lowest BCUT2D eigenvalue weighted by atomic mass is 10.6. The third kappa shape index (κ3) is 1.07. The summed E-state index contributed by atoms with van der Waals surface area (Å²) >= 11 is 0. The summed E-state index contributed by atoms with van der Waals surface area (Å²) in [6.45, 7) is 0.812. The minimum Gasteiger partial charge on any atom is -0.348 e. The quantitative estimate of drug-likeness (QED) is 0.569. The Morgan fingerprint density at radius 2 is 2.75 bits per heavy atom. The van der Waals surface area contributed by atoms with E-state index in [1.165, 1.54) is 0 Å². The summed E-state index contributed by atoms with van der Waals surface area (Å²) in [5.74, 6) is 0.979. The van der Waals surface area contributed by atoms with Gasteiger partial charge in [-0.25, -0.2) is 4.98 Å². The van der Waals surface area contributed by atoms with Crippen molar-refractivity contribution in [1.29, 1.82) is 0 Å². The highest BCUT2D eigenvalue weighted by Gasteiger charge is 1.86. The summed E-state index contributed by atoms with van der Waals surface area (Å²) in [7, 11) is 1.89. The number of aromatic nitrogens is 2. The Morgan fingerprint density at radius 1 is 1.88 bits per heavy atom. The minimum absolute atomic E-state index is 0.812. The number of rotatable bonds is 2. The fraction of sp³-hybridized carbons (Fsp3) is 0.400. The first-order valence-electron chi connectivity index (χ1n) is 2.56. The maximum absolute atomic E-state index is 3.99. The lowest BCUT2D eigenvalue weighted by molar-refractivity contribution is 0.772. The van der Waals surface area contributed by atoms with E-state index in [0.717, 1.165) is 12.4 Å². The zero-order valence-electron chi connectivity index (χ0n) is 4.81. The molecular weight excluding hydrogens is 102 g/mol. The van der Waals surface area contributed by atoms with Crippen LogP contribution in [0.4, 0.5) is 0 Å². The predicted molar refractivity (Wildman–Crippen MR) is 31.4 cm³/mol. The Kier molecular flexibility index (Phi) is 1.64. The van der Waals surface area contributed by atoms with Gasteiger partial charge in [-0.3, -0.25) is 0 Å². The van der Waals surface area contributed by atoms with Gasteiger partial charge < -0.3 is 10.3 Å². The first kappa shape index (κ1) is 5.31. The van der Waals surface area contributed by atoms with Crippen LogP contribution in [-0.2, 0) is 6.54 Å². The molecule has 0 fully saturated rings. The Bertz CT molecular complexity index is 133. The highest BCUT2D eigenvalue weighted by atomic mass is 14.9. The predicted octanol–water partition coefficient (Wildman–Crippen LogP) is 0.129. The van der Waals surface area contributed by atoms with Crippen molar-refractivity contribution in [3.63, 3.8) is 0 Å². The van der Waals surface area contributed by atoms with Gasteiger partial charge in [0.05, 0.1) is 6.54 Å². The van der Waals surface area contributed by atoms with Gasteiger partial charge in [0, 0.05) is 12.4 Å². The van der Waals surface area contributed by atoms with Crippen LogP contribution in [0.5, 0.6) is 0 Å². The standard InChI is InChI=1S/C5H9N3/c1-6-4-5-7-2-3-8-5/h2-3,6H,4H2,1H3,(H,7,8). The van der Waals surface area contributed by atoms with E-state index < -0.39 is 0 Å². The zero-order chi connectivity index (χ0) is 5.82. The van der Waals surface area contributed by atoms with Gasteiger partial charge in [-0.2, -0.15) is 0 Å². The number of H-pyrrole nitrogens is 1. The molecule has 0 saturated carbocycles. The van der Waals surface area contributed by atoms with E-state index in [1.54, 1.807) is 6.20 Å². The molecule has 3 heteroatoms. The average Bonchev–Trinajstić information content (AvgIpc) is 2.19. The Morgan fingerprint density at radius 3 is 3.25 bits per heavy atom. The number of hydrogen-bond donors (Lipinski definition) is 2. The third-order valence-electron chi connectivity index (χ3n) is 0.899. The molecule has 0 aromatic carbocycles. The maximum Gasteiger partial charge on any atom is 0.120 e. The van der Waals surface area contributed by atoms with Crippen LogP contribution < -0.4 is 5.32 Å². The maximum atomic E-state index is 3.99. The first-order chi connectivity index (χ1) is 3.93. The summed E-state index contributed by atoms with van der Waals surface area (Å²) in [6, 6.07) is 0. The Hall–Kier alpha value is -0.830.